The molecule has 9 heteroatoms. The summed E-state index contributed by atoms with van der Waals surface area (Å²) in [5.41, 5.74) is 1.30. The van der Waals surface area contributed by atoms with Gasteiger partial charge in [0.1, 0.15) is 0 Å². The number of aliphatic imine (C=N–C) groups is 1. The minimum atomic E-state index is -2.98. The summed E-state index contributed by atoms with van der Waals surface area (Å²) in [6.45, 7) is 4.32. The van der Waals surface area contributed by atoms with Gasteiger partial charge in [-0.25, -0.2) is 8.42 Å². The van der Waals surface area contributed by atoms with Crippen molar-refractivity contribution in [2.75, 3.05) is 38.7 Å². The number of carbonyl (C=O) groups excluding carboxylic acids is 1. The highest BCUT2D eigenvalue weighted by Gasteiger charge is 2.28. The van der Waals surface area contributed by atoms with Gasteiger partial charge in [-0.05, 0) is 32.4 Å². The summed E-state index contributed by atoms with van der Waals surface area (Å²) >= 11 is 0. The molecule has 1 heterocycles. The van der Waals surface area contributed by atoms with Gasteiger partial charge in [0.2, 0.25) is 5.91 Å². The van der Waals surface area contributed by atoms with E-state index in [1.54, 1.807) is 7.05 Å². The fourth-order valence-electron chi connectivity index (χ4n) is 3.37. The van der Waals surface area contributed by atoms with Crippen LogP contribution in [0.25, 0.3) is 0 Å². The van der Waals surface area contributed by atoms with Gasteiger partial charge in [-0.15, -0.1) is 0 Å². The molecule has 2 atom stereocenters. The third-order valence-corrected chi connectivity index (χ3v) is 7.12. The van der Waals surface area contributed by atoms with Crippen molar-refractivity contribution in [1.29, 1.82) is 0 Å². The van der Waals surface area contributed by atoms with Gasteiger partial charge in [-0.2, -0.15) is 0 Å². The minimum Gasteiger partial charge on any atom is -0.356 e. The summed E-state index contributed by atoms with van der Waals surface area (Å²) in [7, 11) is 0.839. The number of amides is 1. The molecule has 30 heavy (non-hydrogen) atoms. The van der Waals surface area contributed by atoms with Crippen molar-refractivity contribution < 1.29 is 13.2 Å². The van der Waals surface area contributed by atoms with Gasteiger partial charge in [-0.1, -0.05) is 30.3 Å². The summed E-state index contributed by atoms with van der Waals surface area (Å²) in [5, 5.41) is 9.20. The number of guanidine groups is 1. The van der Waals surface area contributed by atoms with Crippen LogP contribution in [0.15, 0.2) is 35.3 Å². The Hall–Kier alpha value is -2.13. The molecule has 2 rings (SSSR count). The molecule has 0 bridgehead atoms. The van der Waals surface area contributed by atoms with E-state index < -0.39 is 9.84 Å². The molecule has 1 aliphatic heterocycles. The highest BCUT2D eigenvalue weighted by Crippen LogP contribution is 2.11. The van der Waals surface area contributed by atoms with E-state index in [-0.39, 0.29) is 29.9 Å². The van der Waals surface area contributed by atoms with E-state index in [1.165, 1.54) is 5.56 Å². The van der Waals surface area contributed by atoms with Gasteiger partial charge in [0.25, 0.3) is 0 Å². The van der Waals surface area contributed by atoms with Crippen LogP contribution in [0.5, 0.6) is 0 Å². The monoisotopic (exact) mass is 437 g/mol. The molecule has 1 fully saturated rings. The molecule has 1 aromatic rings. The lowest BCUT2D eigenvalue weighted by molar-refractivity contribution is -0.121. The van der Waals surface area contributed by atoms with E-state index in [2.05, 4.69) is 64.1 Å². The largest absolute Gasteiger partial charge is 0.356 e. The van der Waals surface area contributed by atoms with Gasteiger partial charge in [0.15, 0.2) is 15.8 Å². The standard InChI is InChI=1S/C21H35N5O3S/c1-17(26(3)15-18-7-5-4-6-8-18)9-12-23-21(22-2)24-13-10-20(27)25-19-11-14-30(28,29)16-19/h4-8,17,19H,9-16H2,1-3H3,(H,25,27)(H2,22,23,24). The first-order valence-corrected chi connectivity index (χ1v) is 12.3. The first kappa shape index (κ1) is 24.1. The van der Waals surface area contributed by atoms with Crippen LogP contribution in [-0.4, -0.2) is 76.0 Å². The quantitative estimate of drug-likeness (QED) is 0.369. The van der Waals surface area contributed by atoms with E-state index in [1.807, 2.05) is 6.07 Å². The average molecular weight is 438 g/mol. The van der Waals surface area contributed by atoms with Crippen LogP contribution in [0.2, 0.25) is 0 Å². The van der Waals surface area contributed by atoms with Crippen molar-refractivity contribution >= 4 is 21.7 Å². The van der Waals surface area contributed by atoms with E-state index >= 15 is 0 Å². The Morgan fingerprint density at radius 2 is 1.93 bits per heavy atom. The Morgan fingerprint density at radius 3 is 2.57 bits per heavy atom. The van der Waals surface area contributed by atoms with Crippen molar-refractivity contribution in [3.63, 3.8) is 0 Å². The Labute approximate surface area is 180 Å². The molecule has 0 radical (unpaired) electrons. The number of hydrogen-bond acceptors (Lipinski definition) is 5. The van der Waals surface area contributed by atoms with E-state index in [4.69, 9.17) is 0 Å². The van der Waals surface area contributed by atoms with Gasteiger partial charge in [-0.3, -0.25) is 14.7 Å². The van der Waals surface area contributed by atoms with Gasteiger partial charge in [0.05, 0.1) is 11.5 Å². The van der Waals surface area contributed by atoms with Gasteiger partial charge >= 0.3 is 0 Å². The molecular weight excluding hydrogens is 402 g/mol. The van der Waals surface area contributed by atoms with Crippen LogP contribution >= 0.6 is 0 Å². The van der Waals surface area contributed by atoms with Crippen molar-refractivity contribution in [2.24, 2.45) is 4.99 Å². The lowest BCUT2D eigenvalue weighted by Crippen LogP contribution is -2.42. The summed E-state index contributed by atoms with van der Waals surface area (Å²) < 4.78 is 22.9. The zero-order valence-electron chi connectivity index (χ0n) is 18.2. The molecule has 0 spiro atoms. The molecule has 0 aliphatic carbocycles. The van der Waals surface area contributed by atoms with Crippen molar-refractivity contribution in [1.82, 2.24) is 20.9 Å². The van der Waals surface area contributed by atoms with Gasteiger partial charge in [0, 0.05) is 45.2 Å². The molecule has 0 saturated carbocycles. The highest BCUT2D eigenvalue weighted by molar-refractivity contribution is 7.91. The van der Waals surface area contributed by atoms with E-state index in [0.717, 1.165) is 19.5 Å². The molecule has 1 aromatic carbocycles. The molecule has 0 aromatic heterocycles. The number of rotatable bonds is 10. The number of sulfone groups is 1. The molecule has 1 saturated heterocycles. The third-order valence-electron chi connectivity index (χ3n) is 5.35. The topological polar surface area (TPSA) is 103 Å². The molecule has 3 N–H and O–H groups in total. The normalized spacial score (nSPS) is 19.5. The smallest absolute Gasteiger partial charge is 0.222 e. The van der Waals surface area contributed by atoms with Crippen LogP contribution in [0.1, 0.15) is 31.7 Å². The maximum atomic E-state index is 12.0. The molecular formula is C21H35N5O3S. The fraction of sp³-hybridized carbons (Fsp3) is 0.619. The van der Waals surface area contributed by atoms with Crippen LogP contribution in [0, 0.1) is 0 Å². The molecule has 2 unspecified atom stereocenters. The lowest BCUT2D eigenvalue weighted by Gasteiger charge is -2.25. The molecule has 168 valence electrons. The highest BCUT2D eigenvalue weighted by atomic mass is 32.2. The van der Waals surface area contributed by atoms with Crippen LogP contribution < -0.4 is 16.0 Å². The Morgan fingerprint density at radius 1 is 1.23 bits per heavy atom. The maximum absolute atomic E-state index is 12.0. The summed E-state index contributed by atoms with van der Waals surface area (Å²) in [6.07, 6.45) is 1.73. The van der Waals surface area contributed by atoms with E-state index in [0.29, 0.717) is 25.0 Å². The number of benzene rings is 1. The first-order valence-electron chi connectivity index (χ1n) is 10.5. The second kappa shape index (κ2) is 11.9. The van der Waals surface area contributed by atoms with Crippen molar-refractivity contribution in [3.05, 3.63) is 35.9 Å². The van der Waals surface area contributed by atoms with Crippen LogP contribution in [0.4, 0.5) is 0 Å². The zero-order valence-corrected chi connectivity index (χ0v) is 19.0. The lowest BCUT2D eigenvalue weighted by atomic mass is 10.1. The number of hydrogen-bond donors (Lipinski definition) is 3. The summed E-state index contributed by atoms with van der Waals surface area (Å²) in [6, 6.07) is 10.6. The Balaban J connectivity index is 1.60. The maximum Gasteiger partial charge on any atom is 0.222 e. The second-order valence-corrected chi connectivity index (χ2v) is 10.1. The van der Waals surface area contributed by atoms with Crippen LogP contribution in [0.3, 0.4) is 0 Å². The minimum absolute atomic E-state index is 0.0479. The van der Waals surface area contributed by atoms with Gasteiger partial charge < -0.3 is 16.0 Å². The first-order chi connectivity index (χ1) is 14.3. The molecule has 1 aliphatic rings. The van der Waals surface area contributed by atoms with Crippen molar-refractivity contribution in [2.45, 2.75) is 44.8 Å². The van der Waals surface area contributed by atoms with E-state index in [9.17, 15) is 13.2 Å². The molecule has 8 nitrogen and oxygen atoms in total. The Bertz CT molecular complexity index is 798. The Kier molecular flexibility index (Phi) is 9.58. The summed E-state index contributed by atoms with van der Waals surface area (Å²) in [5.74, 6) is 0.721. The third kappa shape index (κ3) is 8.71. The van der Waals surface area contributed by atoms with Crippen LogP contribution in [-0.2, 0) is 21.2 Å². The fourth-order valence-corrected chi connectivity index (χ4v) is 5.04. The second-order valence-electron chi connectivity index (χ2n) is 7.88. The predicted octanol–water partition coefficient (Wildman–Crippen LogP) is 0.755. The number of nitrogens with one attached hydrogen (secondary N) is 3. The summed E-state index contributed by atoms with van der Waals surface area (Å²) in [4.78, 5) is 18.5. The zero-order chi connectivity index (χ0) is 22.0. The molecule has 1 amide bonds. The number of carbonyl (C=O) groups is 1. The SMILES string of the molecule is CN=C(NCCC(=O)NC1CCS(=O)(=O)C1)NCCC(C)N(C)Cc1ccccc1. The average Bonchev–Trinajstić information content (AvgIpc) is 3.05. The predicted molar refractivity (Wildman–Crippen MR) is 121 cm³/mol. The number of nitrogens with zero attached hydrogens (tertiary/aromatic N) is 2. The van der Waals surface area contributed by atoms with Crippen molar-refractivity contribution in [3.8, 4) is 0 Å².